The third-order valence-electron chi connectivity index (χ3n) is 4.70. The molecule has 1 aromatic heterocycles. The summed E-state index contributed by atoms with van der Waals surface area (Å²) >= 11 is 7.03. The normalized spacial score (nSPS) is 22.6. The van der Waals surface area contributed by atoms with E-state index in [9.17, 15) is 13.2 Å². The molecule has 2 aromatic rings. The van der Waals surface area contributed by atoms with Crippen LogP contribution < -0.4 is 5.32 Å². The van der Waals surface area contributed by atoms with Crippen LogP contribution in [0.4, 0.5) is 0 Å². The maximum Gasteiger partial charge on any atom is 0.252 e. The molecule has 2 aliphatic rings. The third kappa shape index (κ3) is 3.33. The van der Waals surface area contributed by atoms with Crippen LogP contribution in [0.25, 0.3) is 0 Å². The average molecular weight is 397 g/mol. The number of carbonyl (C=O) groups is 1. The van der Waals surface area contributed by atoms with E-state index in [-0.39, 0.29) is 11.9 Å². The van der Waals surface area contributed by atoms with Crippen molar-refractivity contribution in [3.63, 3.8) is 0 Å². The first kappa shape index (κ1) is 17.0. The summed E-state index contributed by atoms with van der Waals surface area (Å²) in [7, 11) is -3.40. The number of carbonyl (C=O) groups excluding carboxylic acids is 1. The molecule has 1 amide bonds. The molecule has 2 atom stereocenters. The molecule has 25 heavy (non-hydrogen) atoms. The molecule has 8 heteroatoms. The molecule has 0 bridgehead atoms. The standard InChI is InChI=1S/C17H17ClN2O3S2/c18-13-3-1-11(2-4-13)17(21)19-10-14-5-6-16(24-14)25(22,23)20-8-7-12-9-15(12)20/h1-6,12,15H,7-10H2,(H,19,21). The molecule has 1 aliphatic carbocycles. The molecule has 1 aromatic carbocycles. The minimum atomic E-state index is -3.40. The summed E-state index contributed by atoms with van der Waals surface area (Å²) in [5, 5.41) is 3.38. The molecule has 132 valence electrons. The Morgan fingerprint density at radius 2 is 2.00 bits per heavy atom. The monoisotopic (exact) mass is 396 g/mol. The number of halogens is 1. The van der Waals surface area contributed by atoms with Gasteiger partial charge in [-0.1, -0.05) is 11.6 Å². The molecule has 4 rings (SSSR count). The maximum atomic E-state index is 12.7. The molecular weight excluding hydrogens is 380 g/mol. The lowest BCUT2D eigenvalue weighted by atomic mass is 10.2. The summed E-state index contributed by atoms with van der Waals surface area (Å²) in [5.74, 6) is 0.350. The van der Waals surface area contributed by atoms with Crippen molar-refractivity contribution in [3.05, 3.63) is 51.9 Å². The van der Waals surface area contributed by atoms with Gasteiger partial charge in [0, 0.05) is 28.0 Å². The summed E-state index contributed by atoms with van der Waals surface area (Å²) < 4.78 is 27.4. The number of benzene rings is 1. The van der Waals surface area contributed by atoms with Crippen molar-refractivity contribution in [1.29, 1.82) is 0 Å². The number of amides is 1. The van der Waals surface area contributed by atoms with Gasteiger partial charge in [0.05, 0.1) is 6.54 Å². The number of thiophene rings is 1. The van der Waals surface area contributed by atoms with Crippen LogP contribution in [0.1, 0.15) is 28.1 Å². The fraction of sp³-hybridized carbons (Fsp3) is 0.353. The lowest BCUT2D eigenvalue weighted by Crippen LogP contribution is -2.30. The van der Waals surface area contributed by atoms with E-state index in [0.29, 0.717) is 33.8 Å². The zero-order chi connectivity index (χ0) is 17.6. The van der Waals surface area contributed by atoms with Crippen molar-refractivity contribution in [2.24, 2.45) is 5.92 Å². The largest absolute Gasteiger partial charge is 0.347 e. The van der Waals surface area contributed by atoms with Gasteiger partial charge in [-0.3, -0.25) is 4.79 Å². The van der Waals surface area contributed by atoms with E-state index in [1.54, 1.807) is 40.7 Å². The van der Waals surface area contributed by atoms with Crippen molar-refractivity contribution >= 4 is 38.9 Å². The highest BCUT2D eigenvalue weighted by molar-refractivity contribution is 7.91. The van der Waals surface area contributed by atoms with Crippen LogP contribution in [0.2, 0.25) is 5.02 Å². The fourth-order valence-electron chi connectivity index (χ4n) is 3.23. The van der Waals surface area contributed by atoms with Crippen molar-refractivity contribution in [2.75, 3.05) is 6.54 Å². The van der Waals surface area contributed by atoms with E-state index < -0.39 is 10.0 Å². The fourth-order valence-corrected chi connectivity index (χ4v) is 6.49. The highest BCUT2D eigenvalue weighted by Gasteiger charge is 2.52. The number of hydrogen-bond acceptors (Lipinski definition) is 4. The molecule has 1 aliphatic heterocycles. The lowest BCUT2D eigenvalue weighted by molar-refractivity contribution is 0.0951. The lowest BCUT2D eigenvalue weighted by Gasteiger charge is -2.16. The summed E-state index contributed by atoms with van der Waals surface area (Å²) in [6.45, 7) is 0.923. The number of hydrogen-bond donors (Lipinski definition) is 1. The van der Waals surface area contributed by atoms with Crippen molar-refractivity contribution < 1.29 is 13.2 Å². The second kappa shape index (κ2) is 6.39. The summed E-state index contributed by atoms with van der Waals surface area (Å²) in [6.07, 6.45) is 1.97. The Hall–Kier alpha value is -1.41. The number of nitrogens with one attached hydrogen (secondary N) is 1. The van der Waals surface area contributed by atoms with Crippen LogP contribution in [0, 0.1) is 5.92 Å². The summed E-state index contributed by atoms with van der Waals surface area (Å²) in [5.41, 5.74) is 0.519. The van der Waals surface area contributed by atoms with Crippen LogP contribution in [-0.2, 0) is 16.6 Å². The van der Waals surface area contributed by atoms with E-state index in [1.165, 1.54) is 11.3 Å². The average Bonchev–Trinajstić information content (AvgIpc) is 3.02. The van der Waals surface area contributed by atoms with Crippen molar-refractivity contribution in [3.8, 4) is 0 Å². The molecule has 2 unspecified atom stereocenters. The second-order valence-electron chi connectivity index (χ2n) is 6.38. The predicted octanol–water partition coefficient (Wildman–Crippen LogP) is 3.11. The van der Waals surface area contributed by atoms with Gasteiger partial charge < -0.3 is 5.32 Å². The van der Waals surface area contributed by atoms with Gasteiger partial charge in [-0.15, -0.1) is 11.3 Å². The van der Waals surface area contributed by atoms with Crippen LogP contribution in [-0.4, -0.2) is 31.2 Å². The Bertz CT molecular complexity index is 908. The molecule has 1 N–H and O–H groups in total. The number of piperidine rings is 1. The van der Waals surface area contributed by atoms with E-state index in [2.05, 4.69) is 5.32 Å². The number of sulfonamides is 1. The first-order valence-electron chi connectivity index (χ1n) is 8.09. The topological polar surface area (TPSA) is 66.5 Å². The molecule has 1 saturated heterocycles. The molecule has 2 heterocycles. The van der Waals surface area contributed by atoms with Gasteiger partial charge in [-0.05, 0) is 55.2 Å². The Morgan fingerprint density at radius 1 is 1.24 bits per heavy atom. The van der Waals surface area contributed by atoms with Crippen LogP contribution in [0.15, 0.2) is 40.6 Å². The molecule has 0 radical (unpaired) electrons. The molecule has 0 spiro atoms. The predicted molar refractivity (Wildman–Crippen MR) is 97.3 cm³/mol. The van der Waals surface area contributed by atoms with Crippen LogP contribution >= 0.6 is 22.9 Å². The second-order valence-corrected chi connectivity index (χ2v) is 10.1. The minimum Gasteiger partial charge on any atom is -0.347 e. The third-order valence-corrected chi connectivity index (χ3v) is 8.43. The van der Waals surface area contributed by atoms with Crippen LogP contribution in [0.3, 0.4) is 0 Å². The van der Waals surface area contributed by atoms with Gasteiger partial charge in [-0.25, -0.2) is 8.42 Å². The number of rotatable bonds is 5. The Labute approximate surface area is 155 Å². The van der Waals surface area contributed by atoms with Crippen molar-refractivity contribution in [1.82, 2.24) is 9.62 Å². The molecule has 5 nitrogen and oxygen atoms in total. The minimum absolute atomic E-state index is 0.208. The quantitative estimate of drug-likeness (QED) is 0.844. The first-order chi connectivity index (χ1) is 11.9. The van der Waals surface area contributed by atoms with Crippen LogP contribution in [0.5, 0.6) is 0 Å². The Morgan fingerprint density at radius 3 is 2.64 bits per heavy atom. The van der Waals surface area contributed by atoms with E-state index in [4.69, 9.17) is 11.6 Å². The van der Waals surface area contributed by atoms with Gasteiger partial charge in [0.2, 0.25) is 0 Å². The Kier molecular flexibility index (Phi) is 4.35. The SMILES string of the molecule is O=C(NCc1ccc(S(=O)(=O)N2CCC3CC32)s1)c1ccc(Cl)cc1. The molecule has 1 saturated carbocycles. The van der Waals surface area contributed by atoms with Crippen molar-refractivity contribution in [2.45, 2.75) is 29.6 Å². The Balaban J connectivity index is 1.41. The maximum absolute atomic E-state index is 12.7. The smallest absolute Gasteiger partial charge is 0.252 e. The van der Waals surface area contributed by atoms with Gasteiger partial charge in [0.25, 0.3) is 15.9 Å². The van der Waals surface area contributed by atoms with E-state index in [1.807, 2.05) is 0 Å². The zero-order valence-electron chi connectivity index (χ0n) is 13.3. The van der Waals surface area contributed by atoms with Gasteiger partial charge >= 0.3 is 0 Å². The summed E-state index contributed by atoms with van der Waals surface area (Å²) in [6, 6.07) is 10.2. The highest BCUT2D eigenvalue weighted by Crippen LogP contribution is 2.47. The van der Waals surface area contributed by atoms with E-state index >= 15 is 0 Å². The van der Waals surface area contributed by atoms with Gasteiger partial charge in [0.1, 0.15) is 4.21 Å². The molecular formula is C17H17ClN2O3S2. The zero-order valence-corrected chi connectivity index (χ0v) is 15.7. The van der Waals surface area contributed by atoms with E-state index in [0.717, 1.165) is 17.7 Å². The number of nitrogens with zero attached hydrogens (tertiary/aromatic N) is 1. The van der Waals surface area contributed by atoms with Gasteiger partial charge in [0.15, 0.2) is 0 Å². The molecule has 2 fully saturated rings. The highest BCUT2D eigenvalue weighted by atomic mass is 35.5. The van der Waals surface area contributed by atoms with Gasteiger partial charge in [-0.2, -0.15) is 4.31 Å². The first-order valence-corrected chi connectivity index (χ1v) is 10.7. The number of fused-ring (bicyclic) bond motifs is 1. The summed E-state index contributed by atoms with van der Waals surface area (Å²) in [4.78, 5) is 12.9.